The van der Waals surface area contributed by atoms with Gasteiger partial charge in [-0.2, -0.15) is 5.10 Å². The number of halogens is 1. The van der Waals surface area contributed by atoms with Crippen LogP contribution in [0.5, 0.6) is 0 Å². The minimum absolute atomic E-state index is 0.316. The van der Waals surface area contributed by atoms with Crippen LogP contribution >= 0.6 is 0 Å². The van der Waals surface area contributed by atoms with Gasteiger partial charge in [-0.05, 0) is 35.4 Å². The maximum Gasteiger partial charge on any atom is 0.257 e. The van der Waals surface area contributed by atoms with Gasteiger partial charge in [-0.15, -0.1) is 0 Å². The van der Waals surface area contributed by atoms with Gasteiger partial charge in [0, 0.05) is 11.3 Å². The van der Waals surface area contributed by atoms with Crippen LogP contribution in [0.2, 0.25) is 0 Å². The lowest BCUT2D eigenvalue weighted by Gasteiger charge is -2.12. The molecule has 1 heterocycles. The Morgan fingerprint density at radius 1 is 1.17 bits per heavy atom. The van der Waals surface area contributed by atoms with Crippen molar-refractivity contribution in [1.29, 1.82) is 0 Å². The first-order valence-corrected chi connectivity index (χ1v) is 7.18. The van der Waals surface area contributed by atoms with Crippen molar-refractivity contribution in [3.05, 3.63) is 66.1 Å². The van der Waals surface area contributed by atoms with Crippen molar-refractivity contribution in [3.63, 3.8) is 0 Å². The molecule has 0 radical (unpaired) electrons. The van der Waals surface area contributed by atoms with Crippen LogP contribution in [0, 0.1) is 5.82 Å². The average Bonchev–Trinajstić information content (AvgIpc) is 3.01. The molecule has 3 rings (SSSR count). The maximum absolute atomic E-state index is 12.9. The third kappa shape index (κ3) is 3.26. The highest BCUT2D eigenvalue weighted by Gasteiger charge is 2.17. The highest BCUT2D eigenvalue weighted by molar-refractivity contribution is 5.95. The lowest BCUT2D eigenvalue weighted by molar-refractivity contribution is -0.124. The highest BCUT2D eigenvalue weighted by atomic mass is 19.1. The van der Waals surface area contributed by atoms with E-state index < -0.39 is 17.8 Å². The maximum atomic E-state index is 12.9. The van der Waals surface area contributed by atoms with E-state index in [1.54, 1.807) is 30.5 Å². The molecule has 3 aromatic rings. The number of nitrogens with zero attached hydrogens (tertiary/aromatic N) is 1. The van der Waals surface area contributed by atoms with Crippen molar-refractivity contribution < 1.29 is 14.3 Å². The molecule has 0 aliphatic carbocycles. The van der Waals surface area contributed by atoms with Crippen molar-refractivity contribution in [1.82, 2.24) is 10.2 Å². The molecule has 7 heteroatoms. The van der Waals surface area contributed by atoms with Gasteiger partial charge in [0.15, 0.2) is 6.10 Å². The number of aromatic amines is 1. The molecular weight excluding hydrogens is 311 g/mol. The highest BCUT2D eigenvalue weighted by Crippen LogP contribution is 2.25. The van der Waals surface area contributed by atoms with E-state index in [0.717, 1.165) is 11.1 Å². The number of anilines is 2. The molecule has 24 heavy (non-hydrogen) atoms. The predicted molar refractivity (Wildman–Crippen MR) is 88.4 cm³/mol. The fourth-order valence-corrected chi connectivity index (χ4v) is 2.27. The number of aliphatic hydroxyl groups excluding tert-OH is 1. The van der Waals surface area contributed by atoms with Gasteiger partial charge in [0.1, 0.15) is 11.6 Å². The van der Waals surface area contributed by atoms with E-state index in [-0.39, 0.29) is 0 Å². The van der Waals surface area contributed by atoms with E-state index in [0.29, 0.717) is 17.1 Å². The number of amides is 1. The smallest absolute Gasteiger partial charge is 0.257 e. The standard InChI is InChI=1S/C17H15FN4O2/c18-12-5-1-11(2-6-12)15(23)17(24)21-13-7-3-10(4-8-13)14-9-20-22-16(14)19/h1-9,15,23H,(H,21,24)(H3,19,20,22). The van der Waals surface area contributed by atoms with Crippen LogP contribution in [-0.2, 0) is 4.79 Å². The Bertz CT molecular complexity index is 844. The Labute approximate surface area is 137 Å². The molecular formula is C17H15FN4O2. The number of nitrogens with one attached hydrogen (secondary N) is 2. The number of carbonyl (C=O) groups excluding carboxylic acids is 1. The molecule has 0 saturated carbocycles. The molecule has 1 aromatic heterocycles. The summed E-state index contributed by atoms with van der Waals surface area (Å²) in [5.74, 6) is -0.573. The van der Waals surface area contributed by atoms with Crippen molar-refractivity contribution >= 4 is 17.4 Å². The van der Waals surface area contributed by atoms with Gasteiger partial charge in [0.05, 0.1) is 6.20 Å². The van der Waals surface area contributed by atoms with E-state index in [4.69, 9.17) is 5.73 Å². The van der Waals surface area contributed by atoms with E-state index in [1.807, 2.05) is 0 Å². The molecule has 0 fully saturated rings. The molecule has 0 bridgehead atoms. The lowest BCUT2D eigenvalue weighted by Crippen LogP contribution is -2.20. The van der Waals surface area contributed by atoms with Gasteiger partial charge < -0.3 is 16.2 Å². The molecule has 1 atom stereocenters. The van der Waals surface area contributed by atoms with Gasteiger partial charge in [0.2, 0.25) is 0 Å². The Kier molecular flexibility index (Phi) is 4.26. The Morgan fingerprint density at radius 3 is 2.42 bits per heavy atom. The summed E-state index contributed by atoms with van der Waals surface area (Å²) < 4.78 is 12.9. The van der Waals surface area contributed by atoms with Gasteiger partial charge in [-0.25, -0.2) is 4.39 Å². The molecule has 5 N–H and O–H groups in total. The third-order valence-corrected chi connectivity index (χ3v) is 3.57. The van der Waals surface area contributed by atoms with Crippen molar-refractivity contribution in [2.75, 3.05) is 11.1 Å². The second-order valence-electron chi connectivity index (χ2n) is 5.22. The van der Waals surface area contributed by atoms with Gasteiger partial charge in [0.25, 0.3) is 5.91 Å². The Balaban J connectivity index is 1.70. The predicted octanol–water partition coefficient (Wildman–Crippen LogP) is 2.47. The number of aromatic nitrogens is 2. The van der Waals surface area contributed by atoms with Gasteiger partial charge >= 0.3 is 0 Å². The number of carbonyl (C=O) groups is 1. The van der Waals surface area contributed by atoms with E-state index in [1.165, 1.54) is 24.3 Å². The van der Waals surface area contributed by atoms with Crippen molar-refractivity contribution in [3.8, 4) is 11.1 Å². The van der Waals surface area contributed by atoms with Crippen LogP contribution in [0.25, 0.3) is 11.1 Å². The van der Waals surface area contributed by atoms with Crippen LogP contribution in [-0.4, -0.2) is 21.2 Å². The Morgan fingerprint density at radius 2 is 1.83 bits per heavy atom. The van der Waals surface area contributed by atoms with Crippen LogP contribution in [0.4, 0.5) is 15.9 Å². The second kappa shape index (κ2) is 6.51. The first-order valence-electron chi connectivity index (χ1n) is 7.18. The Hall–Kier alpha value is -3.19. The average molecular weight is 326 g/mol. The summed E-state index contributed by atoms with van der Waals surface area (Å²) in [4.78, 5) is 12.1. The molecule has 1 unspecified atom stereocenters. The first kappa shape index (κ1) is 15.7. The monoisotopic (exact) mass is 326 g/mol. The zero-order valence-electron chi connectivity index (χ0n) is 12.5. The number of nitrogen functional groups attached to an aromatic ring is 1. The summed E-state index contributed by atoms with van der Waals surface area (Å²) in [6.07, 6.45) is 0.232. The van der Waals surface area contributed by atoms with E-state index in [9.17, 15) is 14.3 Å². The number of hydrogen-bond acceptors (Lipinski definition) is 4. The number of rotatable bonds is 4. The summed E-state index contributed by atoms with van der Waals surface area (Å²) in [7, 11) is 0. The van der Waals surface area contributed by atoms with Crippen molar-refractivity contribution in [2.24, 2.45) is 0 Å². The number of benzene rings is 2. The summed E-state index contributed by atoms with van der Waals surface area (Å²) in [6, 6.07) is 12.1. The number of H-pyrrole nitrogens is 1. The summed E-state index contributed by atoms with van der Waals surface area (Å²) >= 11 is 0. The minimum atomic E-state index is -1.38. The number of nitrogens with two attached hydrogens (primary N) is 1. The quantitative estimate of drug-likeness (QED) is 0.591. The molecule has 1 amide bonds. The minimum Gasteiger partial charge on any atom is -0.384 e. The van der Waals surface area contributed by atoms with Crippen LogP contribution in [0.1, 0.15) is 11.7 Å². The lowest BCUT2D eigenvalue weighted by atomic mass is 10.1. The molecule has 0 saturated heterocycles. The largest absolute Gasteiger partial charge is 0.384 e. The molecule has 122 valence electrons. The molecule has 0 aliphatic rings. The topological polar surface area (TPSA) is 104 Å². The SMILES string of the molecule is Nc1[nH]ncc1-c1ccc(NC(=O)C(O)c2ccc(F)cc2)cc1. The summed E-state index contributed by atoms with van der Waals surface area (Å²) in [6.45, 7) is 0. The summed E-state index contributed by atoms with van der Waals surface area (Å²) in [5, 5.41) is 19.1. The number of hydrogen-bond donors (Lipinski definition) is 4. The molecule has 0 spiro atoms. The van der Waals surface area contributed by atoms with Crippen LogP contribution < -0.4 is 11.1 Å². The molecule has 6 nitrogen and oxygen atoms in total. The van der Waals surface area contributed by atoms with Gasteiger partial charge in [-0.3, -0.25) is 9.89 Å². The van der Waals surface area contributed by atoms with E-state index in [2.05, 4.69) is 15.5 Å². The van der Waals surface area contributed by atoms with Gasteiger partial charge in [-0.1, -0.05) is 24.3 Å². The second-order valence-corrected chi connectivity index (χ2v) is 5.22. The number of aliphatic hydroxyl groups is 1. The van der Waals surface area contributed by atoms with E-state index >= 15 is 0 Å². The van der Waals surface area contributed by atoms with Crippen LogP contribution in [0.15, 0.2) is 54.7 Å². The first-order chi connectivity index (χ1) is 11.5. The third-order valence-electron chi connectivity index (χ3n) is 3.57. The fraction of sp³-hybridized carbons (Fsp3) is 0.0588. The molecule has 0 aliphatic heterocycles. The fourth-order valence-electron chi connectivity index (χ4n) is 2.27. The van der Waals surface area contributed by atoms with Crippen LogP contribution in [0.3, 0.4) is 0 Å². The zero-order valence-corrected chi connectivity index (χ0v) is 12.5. The van der Waals surface area contributed by atoms with Crippen molar-refractivity contribution in [2.45, 2.75) is 6.10 Å². The summed E-state index contributed by atoms with van der Waals surface area (Å²) in [5.41, 5.74) is 8.20. The molecule has 2 aromatic carbocycles. The normalized spacial score (nSPS) is 11.9. The zero-order chi connectivity index (χ0) is 17.1.